The van der Waals surface area contributed by atoms with Crippen LogP contribution in [0.1, 0.15) is 69.7 Å². The van der Waals surface area contributed by atoms with Gasteiger partial charge < -0.3 is 20.2 Å². The van der Waals surface area contributed by atoms with Gasteiger partial charge in [0.25, 0.3) is 25.8 Å². The lowest BCUT2D eigenvalue weighted by Gasteiger charge is -2.39. The monoisotopic (exact) mass is 919 g/mol. The van der Waals surface area contributed by atoms with Crippen LogP contribution in [0, 0.1) is 5.41 Å². The minimum atomic E-state index is -6.06. The van der Waals surface area contributed by atoms with Gasteiger partial charge in [-0.05, 0) is 119 Å². The zero-order chi connectivity index (χ0) is 45.3. The average molecular weight is 920 g/mol. The second-order valence-corrected chi connectivity index (χ2v) is 21.8. The number of halogens is 3. The molecule has 0 unspecified atom stereocenters. The Morgan fingerprint density at radius 2 is 1.65 bits per heavy atom. The van der Waals surface area contributed by atoms with E-state index in [4.69, 9.17) is 0 Å². The first-order valence-corrected chi connectivity index (χ1v) is 24.8. The van der Waals surface area contributed by atoms with Crippen LogP contribution in [-0.4, -0.2) is 114 Å². The number of thioether (sulfide) groups is 1. The standard InChI is InChI=1S/C45H60F3N5O6S3/c1-33(2)11-12-35-30-44(3,4)21-19-36(35)31-52-23-25-53(26-24-52)38-15-13-34(14-16-38)43(55)50-62(58,59)40-17-18-41(42(29-40)61(56,57)45(46,47)48)49-37(20-22-51(5)27-28-54)32-60-39-9-7-6-8-10-39/h6-10,13-18,29,37,49,54H,1,11-12,19-28,30-32H2,2-5H3,(H,50,55)/t37-/m1/s1. The highest BCUT2D eigenvalue weighted by Crippen LogP contribution is 2.41. The maximum Gasteiger partial charge on any atom is 0.501 e. The van der Waals surface area contributed by atoms with Crippen molar-refractivity contribution in [1.29, 1.82) is 0 Å². The number of hydrogen-bond donors (Lipinski definition) is 3. The lowest BCUT2D eigenvalue weighted by Crippen LogP contribution is -2.47. The van der Waals surface area contributed by atoms with E-state index in [2.05, 4.69) is 42.5 Å². The summed E-state index contributed by atoms with van der Waals surface area (Å²) in [7, 11) is -9.14. The number of hydrogen-bond acceptors (Lipinski definition) is 11. The summed E-state index contributed by atoms with van der Waals surface area (Å²) in [5.41, 5.74) is -0.721. The molecule has 17 heteroatoms. The Morgan fingerprint density at radius 1 is 0.968 bits per heavy atom. The molecule has 1 heterocycles. The zero-order valence-corrected chi connectivity index (χ0v) is 38.5. The van der Waals surface area contributed by atoms with E-state index in [-0.39, 0.29) is 12.2 Å². The number of likely N-dealkylation sites (N-methyl/N-ethyl adjacent to an activating group) is 1. The molecule has 1 atom stereocenters. The van der Waals surface area contributed by atoms with Crippen molar-refractivity contribution in [3.05, 3.63) is 102 Å². The number of nitrogens with one attached hydrogen (secondary N) is 2. The number of piperazine rings is 1. The van der Waals surface area contributed by atoms with Gasteiger partial charge in [-0.2, -0.15) is 13.2 Å². The highest BCUT2D eigenvalue weighted by molar-refractivity contribution is 7.99. The van der Waals surface area contributed by atoms with Crippen molar-refractivity contribution in [2.24, 2.45) is 5.41 Å². The molecule has 1 aliphatic carbocycles. The van der Waals surface area contributed by atoms with E-state index in [0.29, 0.717) is 36.7 Å². The molecule has 0 saturated carbocycles. The topological polar surface area (TPSA) is 139 Å². The fourth-order valence-corrected chi connectivity index (χ4v) is 10.7. The molecule has 340 valence electrons. The maximum atomic E-state index is 14.1. The Labute approximate surface area is 369 Å². The normalized spacial score (nSPS) is 17.0. The van der Waals surface area contributed by atoms with Crippen LogP contribution in [0.4, 0.5) is 24.5 Å². The van der Waals surface area contributed by atoms with Crippen molar-refractivity contribution in [2.75, 3.05) is 75.4 Å². The molecule has 1 saturated heterocycles. The summed E-state index contributed by atoms with van der Waals surface area (Å²) in [5.74, 6) is -0.706. The lowest BCUT2D eigenvalue weighted by molar-refractivity contribution is -0.0435. The number of alkyl halides is 3. The van der Waals surface area contributed by atoms with E-state index in [9.17, 15) is 39.9 Å². The summed E-state index contributed by atoms with van der Waals surface area (Å²) < 4.78 is 97.1. The predicted octanol–water partition coefficient (Wildman–Crippen LogP) is 7.97. The lowest BCUT2D eigenvalue weighted by atomic mass is 9.73. The fourth-order valence-electron chi connectivity index (χ4n) is 7.70. The molecular formula is C45H60F3N5O6S3. The summed E-state index contributed by atoms with van der Waals surface area (Å²) in [4.78, 5) is 18.5. The number of sulfone groups is 1. The van der Waals surface area contributed by atoms with Crippen molar-refractivity contribution < 1.29 is 39.9 Å². The first kappa shape index (κ1) is 49.2. The SMILES string of the molecule is C=C(C)CCC1=C(CN2CCN(c3ccc(C(=O)NS(=O)(=O)c4ccc(N[C@H](CCN(C)CCO)CSc5ccccc5)c(S(=O)(=O)C(F)(F)F)c4)cc3)CC2)CCC(C)(C)C1. The number of amides is 1. The van der Waals surface area contributed by atoms with Gasteiger partial charge in [-0.3, -0.25) is 9.69 Å². The molecule has 1 aliphatic heterocycles. The van der Waals surface area contributed by atoms with E-state index in [1.165, 1.54) is 35.9 Å². The Kier molecular flexibility index (Phi) is 16.8. The third-order valence-electron chi connectivity index (χ3n) is 11.4. The van der Waals surface area contributed by atoms with Gasteiger partial charge >= 0.3 is 5.51 Å². The highest BCUT2D eigenvalue weighted by Gasteiger charge is 2.48. The summed E-state index contributed by atoms with van der Waals surface area (Å²) in [6.07, 6.45) is 5.80. The maximum absolute atomic E-state index is 14.1. The summed E-state index contributed by atoms with van der Waals surface area (Å²) in [6, 6.07) is 17.4. The van der Waals surface area contributed by atoms with E-state index in [1.807, 2.05) is 40.0 Å². The van der Waals surface area contributed by atoms with Crippen molar-refractivity contribution >= 4 is 48.9 Å². The number of aliphatic hydroxyl groups excluding tert-OH is 1. The second kappa shape index (κ2) is 21.2. The summed E-state index contributed by atoms with van der Waals surface area (Å²) >= 11 is 1.41. The van der Waals surface area contributed by atoms with Gasteiger partial charge in [0, 0.05) is 67.2 Å². The highest BCUT2D eigenvalue weighted by atomic mass is 32.2. The number of anilines is 2. The molecule has 0 spiro atoms. The minimum absolute atomic E-state index is 0.00300. The van der Waals surface area contributed by atoms with Crippen LogP contribution < -0.4 is 14.9 Å². The molecule has 0 bridgehead atoms. The molecule has 62 heavy (non-hydrogen) atoms. The number of sulfonamides is 1. The molecule has 0 radical (unpaired) electrons. The summed E-state index contributed by atoms with van der Waals surface area (Å²) in [5, 5.41) is 12.3. The van der Waals surface area contributed by atoms with Gasteiger partial charge in [0.15, 0.2) is 0 Å². The number of rotatable bonds is 20. The second-order valence-electron chi connectivity index (χ2n) is 17.1. The smallest absolute Gasteiger partial charge is 0.395 e. The van der Waals surface area contributed by atoms with Gasteiger partial charge in [-0.15, -0.1) is 18.3 Å². The Bertz CT molecular complexity index is 2260. The third kappa shape index (κ3) is 13.6. The Morgan fingerprint density at radius 3 is 2.27 bits per heavy atom. The van der Waals surface area contributed by atoms with Gasteiger partial charge in [0.1, 0.15) is 4.90 Å². The van der Waals surface area contributed by atoms with Crippen LogP contribution in [0.5, 0.6) is 0 Å². The number of nitrogens with zero attached hydrogens (tertiary/aromatic N) is 3. The van der Waals surface area contributed by atoms with Crippen LogP contribution >= 0.6 is 11.8 Å². The number of carbonyl (C=O) groups excluding carboxylic acids is 1. The molecular weight excluding hydrogens is 860 g/mol. The van der Waals surface area contributed by atoms with Crippen LogP contribution in [0.25, 0.3) is 0 Å². The first-order chi connectivity index (χ1) is 29.2. The van der Waals surface area contributed by atoms with Gasteiger partial charge in [-0.1, -0.05) is 48.8 Å². The minimum Gasteiger partial charge on any atom is -0.395 e. The van der Waals surface area contributed by atoms with E-state index in [1.54, 1.807) is 30.3 Å². The van der Waals surface area contributed by atoms with Crippen molar-refractivity contribution in [2.45, 2.75) is 85.5 Å². The molecule has 3 N–H and O–H groups in total. The van der Waals surface area contributed by atoms with Crippen LogP contribution in [0.15, 0.2) is 111 Å². The molecule has 3 aromatic carbocycles. The number of benzene rings is 3. The quantitative estimate of drug-likeness (QED) is 0.0752. The fraction of sp³-hybridized carbons (Fsp3) is 0.489. The number of carbonyl (C=O) groups is 1. The molecule has 11 nitrogen and oxygen atoms in total. The van der Waals surface area contributed by atoms with Crippen molar-refractivity contribution in [3.63, 3.8) is 0 Å². The van der Waals surface area contributed by atoms with Gasteiger partial charge in [0.2, 0.25) is 0 Å². The summed E-state index contributed by atoms with van der Waals surface area (Å²) in [6.45, 7) is 15.7. The molecule has 5 rings (SSSR count). The van der Waals surface area contributed by atoms with Crippen LogP contribution in [0.2, 0.25) is 0 Å². The predicted molar refractivity (Wildman–Crippen MR) is 242 cm³/mol. The zero-order valence-electron chi connectivity index (χ0n) is 36.0. The molecule has 1 amide bonds. The van der Waals surface area contributed by atoms with Gasteiger partial charge in [0.05, 0.1) is 17.2 Å². The Hall–Kier alpha value is -3.87. The molecule has 3 aromatic rings. The van der Waals surface area contributed by atoms with E-state index < -0.39 is 52.8 Å². The van der Waals surface area contributed by atoms with Crippen molar-refractivity contribution in [1.82, 2.24) is 14.5 Å². The largest absolute Gasteiger partial charge is 0.501 e. The van der Waals surface area contributed by atoms with E-state index >= 15 is 0 Å². The van der Waals surface area contributed by atoms with Crippen molar-refractivity contribution in [3.8, 4) is 0 Å². The average Bonchev–Trinajstić information content (AvgIpc) is 3.22. The molecule has 1 fully saturated rings. The van der Waals surface area contributed by atoms with E-state index in [0.717, 1.165) is 81.1 Å². The number of aliphatic hydroxyl groups is 1. The molecule has 2 aliphatic rings. The van der Waals surface area contributed by atoms with Crippen LogP contribution in [0.3, 0.4) is 0 Å². The van der Waals surface area contributed by atoms with Crippen LogP contribution in [-0.2, 0) is 19.9 Å². The third-order valence-corrected chi connectivity index (χ3v) is 15.4. The first-order valence-electron chi connectivity index (χ1n) is 20.9. The number of allylic oxidation sites excluding steroid dienone is 2. The van der Waals surface area contributed by atoms with Gasteiger partial charge in [-0.25, -0.2) is 21.6 Å². The molecule has 0 aromatic heterocycles. The Balaban J connectivity index is 1.27.